The van der Waals surface area contributed by atoms with Crippen LogP contribution in [0.3, 0.4) is 0 Å². The molecule has 0 spiro atoms. The smallest absolute Gasteiger partial charge is 0.408 e. The third-order valence-corrected chi connectivity index (χ3v) is 5.00. The lowest BCUT2D eigenvalue weighted by molar-refractivity contribution is -0.139. The second-order valence-corrected chi connectivity index (χ2v) is 8.82. The molecule has 0 aromatic carbocycles. The first-order chi connectivity index (χ1) is 12.2. The van der Waals surface area contributed by atoms with Gasteiger partial charge in [0.15, 0.2) is 0 Å². The summed E-state index contributed by atoms with van der Waals surface area (Å²) < 4.78 is 5.08. The first kappa shape index (κ1) is 22.6. The Labute approximate surface area is 160 Å². The van der Waals surface area contributed by atoms with Gasteiger partial charge in [-0.1, -0.05) is 19.3 Å². The first-order valence-electron chi connectivity index (χ1n) is 9.27. The van der Waals surface area contributed by atoms with Gasteiger partial charge >= 0.3 is 12.1 Å². The van der Waals surface area contributed by atoms with E-state index in [0.717, 1.165) is 12.8 Å². The average Bonchev–Trinajstić information content (AvgIpc) is 2.52. The molecule has 1 atom stereocenters. The van der Waals surface area contributed by atoms with Crippen molar-refractivity contribution in [2.75, 3.05) is 11.5 Å². The summed E-state index contributed by atoms with van der Waals surface area (Å²) in [6.07, 6.45) is 5.72. The molecule has 1 fully saturated rings. The summed E-state index contributed by atoms with van der Waals surface area (Å²) >= 11 is 1.51. The van der Waals surface area contributed by atoms with E-state index < -0.39 is 23.7 Å². The van der Waals surface area contributed by atoms with Crippen LogP contribution in [0.5, 0.6) is 0 Å². The molecule has 0 aromatic heterocycles. The fourth-order valence-electron chi connectivity index (χ4n) is 2.72. The summed E-state index contributed by atoms with van der Waals surface area (Å²) in [6.45, 7) is 5.16. The van der Waals surface area contributed by atoms with E-state index in [0.29, 0.717) is 24.0 Å². The SMILES string of the molecule is CC(C)(C)OC(=O)NC(CCSCCC(=O)NC1CCCCC1)C(=O)O. The van der Waals surface area contributed by atoms with Crippen LogP contribution in [0.15, 0.2) is 0 Å². The molecule has 150 valence electrons. The van der Waals surface area contributed by atoms with E-state index in [1.165, 1.54) is 31.0 Å². The van der Waals surface area contributed by atoms with Crippen molar-refractivity contribution < 1.29 is 24.2 Å². The number of hydrogen-bond acceptors (Lipinski definition) is 5. The number of carbonyl (C=O) groups is 3. The Morgan fingerprint density at radius 1 is 1.15 bits per heavy atom. The van der Waals surface area contributed by atoms with Crippen LogP contribution in [0.2, 0.25) is 0 Å². The van der Waals surface area contributed by atoms with Gasteiger partial charge in [0.05, 0.1) is 0 Å². The molecular weight excluding hydrogens is 356 g/mol. The number of alkyl carbamates (subject to hydrolysis) is 1. The number of ether oxygens (including phenoxy) is 1. The lowest BCUT2D eigenvalue weighted by Crippen LogP contribution is -2.43. The highest BCUT2D eigenvalue weighted by Gasteiger charge is 2.23. The predicted molar refractivity (Wildman–Crippen MR) is 102 cm³/mol. The van der Waals surface area contributed by atoms with Gasteiger partial charge in [0.1, 0.15) is 11.6 Å². The standard InChI is InChI=1S/C18H32N2O5S/c1-18(2,3)25-17(24)20-14(16(22)23)9-11-26-12-10-15(21)19-13-7-5-4-6-8-13/h13-14H,4-12H2,1-3H3,(H,19,21)(H,20,24)(H,22,23). The maximum Gasteiger partial charge on any atom is 0.408 e. The van der Waals surface area contributed by atoms with Crippen LogP contribution < -0.4 is 10.6 Å². The number of hydrogen-bond donors (Lipinski definition) is 3. The fraction of sp³-hybridized carbons (Fsp3) is 0.833. The number of rotatable bonds is 9. The summed E-state index contributed by atoms with van der Waals surface area (Å²) in [5, 5.41) is 14.6. The molecule has 0 aromatic rings. The Kier molecular flexibility index (Phi) is 9.83. The molecule has 1 rings (SSSR count). The van der Waals surface area contributed by atoms with Gasteiger partial charge in [-0.25, -0.2) is 9.59 Å². The third kappa shape index (κ3) is 10.5. The number of thioether (sulfide) groups is 1. The molecule has 1 unspecified atom stereocenters. The molecule has 1 saturated carbocycles. The van der Waals surface area contributed by atoms with Crippen molar-refractivity contribution in [3.63, 3.8) is 0 Å². The van der Waals surface area contributed by atoms with Gasteiger partial charge in [0, 0.05) is 18.2 Å². The van der Waals surface area contributed by atoms with Crippen molar-refractivity contribution in [3.05, 3.63) is 0 Å². The Morgan fingerprint density at radius 2 is 1.81 bits per heavy atom. The lowest BCUT2D eigenvalue weighted by Gasteiger charge is -2.22. The van der Waals surface area contributed by atoms with E-state index >= 15 is 0 Å². The fourth-order valence-corrected chi connectivity index (χ4v) is 3.66. The molecule has 0 bridgehead atoms. The van der Waals surface area contributed by atoms with Crippen LogP contribution in [-0.4, -0.2) is 52.3 Å². The highest BCUT2D eigenvalue weighted by Crippen LogP contribution is 2.17. The molecule has 1 aliphatic carbocycles. The highest BCUT2D eigenvalue weighted by atomic mass is 32.2. The quantitative estimate of drug-likeness (QED) is 0.525. The minimum absolute atomic E-state index is 0.0612. The van der Waals surface area contributed by atoms with Crippen molar-refractivity contribution in [2.24, 2.45) is 0 Å². The van der Waals surface area contributed by atoms with Gasteiger partial charge in [-0.3, -0.25) is 4.79 Å². The third-order valence-electron chi connectivity index (χ3n) is 3.98. The molecule has 0 aliphatic heterocycles. The second kappa shape index (κ2) is 11.3. The molecule has 0 saturated heterocycles. The lowest BCUT2D eigenvalue weighted by atomic mass is 9.95. The minimum atomic E-state index is -1.09. The molecule has 8 heteroatoms. The van der Waals surface area contributed by atoms with Crippen LogP contribution in [0.4, 0.5) is 4.79 Å². The molecule has 0 radical (unpaired) electrons. The number of nitrogens with one attached hydrogen (secondary N) is 2. The zero-order valence-electron chi connectivity index (χ0n) is 16.0. The van der Waals surface area contributed by atoms with Crippen LogP contribution in [0.1, 0.15) is 65.7 Å². The molecule has 0 heterocycles. The van der Waals surface area contributed by atoms with Gasteiger partial charge in [-0.15, -0.1) is 0 Å². The van der Waals surface area contributed by atoms with Crippen molar-refractivity contribution in [2.45, 2.75) is 83.4 Å². The van der Waals surface area contributed by atoms with Crippen molar-refractivity contribution >= 4 is 29.7 Å². The largest absolute Gasteiger partial charge is 0.480 e. The Hall–Kier alpha value is -1.44. The summed E-state index contributed by atoms with van der Waals surface area (Å²) in [5.74, 6) is 0.151. The number of carboxylic acid groups (broad SMARTS) is 1. The number of aliphatic carboxylic acids is 1. The van der Waals surface area contributed by atoms with Crippen LogP contribution in [0, 0.1) is 0 Å². The van der Waals surface area contributed by atoms with Gasteiger partial charge in [0.25, 0.3) is 0 Å². The van der Waals surface area contributed by atoms with Gasteiger partial charge in [0.2, 0.25) is 5.91 Å². The van der Waals surface area contributed by atoms with Crippen molar-refractivity contribution in [3.8, 4) is 0 Å². The van der Waals surface area contributed by atoms with E-state index in [1.54, 1.807) is 20.8 Å². The molecule has 26 heavy (non-hydrogen) atoms. The number of amides is 2. The average molecular weight is 389 g/mol. The topological polar surface area (TPSA) is 105 Å². The van der Waals surface area contributed by atoms with Crippen LogP contribution in [0.25, 0.3) is 0 Å². The normalized spacial score (nSPS) is 16.6. The monoisotopic (exact) mass is 388 g/mol. The van der Waals surface area contributed by atoms with Gasteiger partial charge < -0.3 is 20.5 Å². The Bertz CT molecular complexity index is 473. The number of carbonyl (C=O) groups excluding carboxylic acids is 2. The summed E-state index contributed by atoms with van der Waals surface area (Å²) in [5.41, 5.74) is -0.673. The molecule has 1 aliphatic rings. The first-order valence-corrected chi connectivity index (χ1v) is 10.4. The maximum atomic E-state index is 11.9. The van der Waals surface area contributed by atoms with E-state index in [-0.39, 0.29) is 12.3 Å². The Balaban J connectivity index is 2.19. The van der Waals surface area contributed by atoms with Gasteiger partial charge in [-0.2, -0.15) is 11.8 Å². The number of carboxylic acids is 1. The zero-order chi connectivity index (χ0) is 19.6. The van der Waals surface area contributed by atoms with Gasteiger partial charge in [-0.05, 0) is 45.8 Å². The molecule has 2 amide bonds. The van der Waals surface area contributed by atoms with E-state index in [9.17, 15) is 19.5 Å². The zero-order valence-corrected chi connectivity index (χ0v) is 16.8. The van der Waals surface area contributed by atoms with Crippen LogP contribution in [-0.2, 0) is 14.3 Å². The summed E-state index contributed by atoms with van der Waals surface area (Å²) in [4.78, 5) is 34.8. The highest BCUT2D eigenvalue weighted by molar-refractivity contribution is 7.99. The second-order valence-electron chi connectivity index (χ2n) is 7.59. The van der Waals surface area contributed by atoms with Crippen molar-refractivity contribution in [1.82, 2.24) is 10.6 Å². The summed E-state index contributed by atoms with van der Waals surface area (Å²) in [7, 11) is 0. The van der Waals surface area contributed by atoms with Crippen molar-refractivity contribution in [1.29, 1.82) is 0 Å². The Morgan fingerprint density at radius 3 is 2.38 bits per heavy atom. The molecular formula is C18H32N2O5S. The van der Waals surface area contributed by atoms with E-state index in [2.05, 4.69) is 10.6 Å². The van der Waals surface area contributed by atoms with E-state index in [4.69, 9.17) is 4.74 Å². The maximum absolute atomic E-state index is 11.9. The summed E-state index contributed by atoms with van der Waals surface area (Å²) in [6, 6.07) is -0.677. The minimum Gasteiger partial charge on any atom is -0.480 e. The molecule has 7 nitrogen and oxygen atoms in total. The van der Waals surface area contributed by atoms with Crippen LogP contribution >= 0.6 is 11.8 Å². The molecule has 3 N–H and O–H groups in total. The van der Waals surface area contributed by atoms with E-state index in [1.807, 2.05) is 0 Å². The predicted octanol–water partition coefficient (Wildman–Crippen LogP) is 2.93.